The van der Waals surface area contributed by atoms with Crippen molar-refractivity contribution in [2.24, 2.45) is 0 Å². The SMILES string of the molecule is COc1ccc(CC(/C=C/c2ccc(F)cc2)c2ccccc2)cc1. The van der Waals surface area contributed by atoms with Crippen molar-refractivity contribution in [1.29, 1.82) is 0 Å². The highest BCUT2D eigenvalue weighted by Gasteiger charge is 2.09. The van der Waals surface area contributed by atoms with Gasteiger partial charge in [0.1, 0.15) is 11.6 Å². The predicted octanol–water partition coefficient (Wildman–Crippen LogP) is 5.87. The van der Waals surface area contributed by atoms with Gasteiger partial charge in [-0.25, -0.2) is 4.39 Å². The van der Waals surface area contributed by atoms with Crippen molar-refractivity contribution in [1.82, 2.24) is 0 Å². The standard InChI is InChI=1S/C23H21FO/c1-25-23-15-10-19(11-16-23)17-21(20-5-3-2-4-6-20)12-7-18-8-13-22(24)14-9-18/h2-16,21H,17H2,1H3/b12-7+. The molecular formula is C23H21FO. The van der Waals surface area contributed by atoms with Crippen LogP contribution in [0.25, 0.3) is 6.08 Å². The van der Waals surface area contributed by atoms with Crippen LogP contribution in [0.4, 0.5) is 4.39 Å². The fourth-order valence-electron chi connectivity index (χ4n) is 2.81. The maximum Gasteiger partial charge on any atom is 0.123 e. The van der Waals surface area contributed by atoms with E-state index in [-0.39, 0.29) is 11.7 Å². The van der Waals surface area contributed by atoms with Crippen LogP contribution in [0.1, 0.15) is 22.6 Å². The Labute approximate surface area is 148 Å². The minimum absolute atomic E-state index is 0.213. The van der Waals surface area contributed by atoms with E-state index >= 15 is 0 Å². The molecular weight excluding hydrogens is 311 g/mol. The van der Waals surface area contributed by atoms with E-state index < -0.39 is 0 Å². The summed E-state index contributed by atoms with van der Waals surface area (Å²) in [5, 5.41) is 0. The minimum atomic E-state index is -0.213. The van der Waals surface area contributed by atoms with Gasteiger partial charge in [0.2, 0.25) is 0 Å². The van der Waals surface area contributed by atoms with Gasteiger partial charge < -0.3 is 4.74 Å². The molecule has 0 bridgehead atoms. The Balaban J connectivity index is 1.83. The molecule has 1 unspecified atom stereocenters. The molecule has 1 atom stereocenters. The van der Waals surface area contributed by atoms with Gasteiger partial charge in [0, 0.05) is 5.92 Å². The van der Waals surface area contributed by atoms with Gasteiger partial charge in [-0.05, 0) is 47.4 Å². The van der Waals surface area contributed by atoms with Gasteiger partial charge in [0.25, 0.3) is 0 Å². The van der Waals surface area contributed by atoms with E-state index in [9.17, 15) is 4.39 Å². The Kier molecular flexibility index (Phi) is 5.63. The molecule has 0 radical (unpaired) electrons. The number of allylic oxidation sites excluding steroid dienone is 1. The summed E-state index contributed by atoms with van der Waals surface area (Å²) >= 11 is 0. The van der Waals surface area contributed by atoms with Crippen molar-refractivity contribution in [3.8, 4) is 5.75 Å². The minimum Gasteiger partial charge on any atom is -0.497 e. The maximum absolute atomic E-state index is 13.1. The number of rotatable bonds is 6. The third-order valence-electron chi connectivity index (χ3n) is 4.23. The van der Waals surface area contributed by atoms with Crippen LogP contribution in [-0.4, -0.2) is 7.11 Å². The first-order chi connectivity index (χ1) is 12.2. The zero-order chi connectivity index (χ0) is 17.5. The Bertz CT molecular complexity index is 805. The molecule has 0 amide bonds. The average molecular weight is 332 g/mol. The van der Waals surface area contributed by atoms with Crippen LogP contribution in [0, 0.1) is 5.82 Å². The first-order valence-corrected chi connectivity index (χ1v) is 8.36. The van der Waals surface area contributed by atoms with Crippen LogP contribution >= 0.6 is 0 Å². The molecule has 3 rings (SSSR count). The van der Waals surface area contributed by atoms with Crippen molar-refractivity contribution >= 4 is 6.08 Å². The van der Waals surface area contributed by atoms with Crippen molar-refractivity contribution in [2.75, 3.05) is 7.11 Å². The molecule has 0 fully saturated rings. The lowest BCUT2D eigenvalue weighted by Crippen LogP contribution is -2.00. The predicted molar refractivity (Wildman–Crippen MR) is 101 cm³/mol. The van der Waals surface area contributed by atoms with E-state index in [1.807, 2.05) is 18.2 Å². The Morgan fingerprint density at radius 1 is 0.880 bits per heavy atom. The molecule has 0 aliphatic rings. The van der Waals surface area contributed by atoms with Gasteiger partial charge >= 0.3 is 0 Å². The number of hydrogen-bond acceptors (Lipinski definition) is 1. The molecule has 25 heavy (non-hydrogen) atoms. The summed E-state index contributed by atoms with van der Waals surface area (Å²) in [7, 11) is 1.67. The molecule has 1 nitrogen and oxygen atoms in total. The molecule has 0 saturated carbocycles. The quantitative estimate of drug-likeness (QED) is 0.548. The zero-order valence-electron chi connectivity index (χ0n) is 14.2. The molecule has 2 heteroatoms. The number of ether oxygens (including phenoxy) is 1. The number of benzene rings is 3. The van der Waals surface area contributed by atoms with Gasteiger partial charge in [0.15, 0.2) is 0 Å². The van der Waals surface area contributed by atoms with Gasteiger partial charge in [-0.2, -0.15) is 0 Å². The second kappa shape index (κ2) is 8.29. The van der Waals surface area contributed by atoms with Crippen molar-refractivity contribution < 1.29 is 9.13 Å². The summed E-state index contributed by atoms with van der Waals surface area (Å²) in [5.74, 6) is 0.900. The highest BCUT2D eigenvalue weighted by molar-refractivity contribution is 5.51. The number of halogens is 1. The fraction of sp³-hybridized carbons (Fsp3) is 0.130. The monoisotopic (exact) mass is 332 g/mol. The largest absolute Gasteiger partial charge is 0.497 e. The molecule has 0 aliphatic carbocycles. The van der Waals surface area contributed by atoms with Crippen LogP contribution < -0.4 is 4.74 Å². The fourth-order valence-corrected chi connectivity index (χ4v) is 2.81. The van der Waals surface area contributed by atoms with Gasteiger partial charge in [-0.15, -0.1) is 0 Å². The molecule has 0 aromatic heterocycles. The van der Waals surface area contributed by atoms with Crippen LogP contribution in [-0.2, 0) is 6.42 Å². The summed E-state index contributed by atoms with van der Waals surface area (Å²) in [5.41, 5.74) is 3.51. The van der Waals surface area contributed by atoms with Crippen molar-refractivity contribution in [2.45, 2.75) is 12.3 Å². The highest BCUT2D eigenvalue weighted by atomic mass is 19.1. The van der Waals surface area contributed by atoms with E-state index in [0.29, 0.717) is 0 Å². The van der Waals surface area contributed by atoms with E-state index in [2.05, 4.69) is 48.6 Å². The molecule has 126 valence electrons. The lowest BCUT2D eigenvalue weighted by atomic mass is 9.91. The molecule has 0 saturated heterocycles. The molecule has 3 aromatic carbocycles. The highest BCUT2D eigenvalue weighted by Crippen LogP contribution is 2.24. The zero-order valence-corrected chi connectivity index (χ0v) is 14.2. The molecule has 0 aliphatic heterocycles. The van der Waals surface area contributed by atoms with Gasteiger partial charge in [-0.1, -0.05) is 66.7 Å². The molecule has 0 heterocycles. The Morgan fingerprint density at radius 3 is 2.20 bits per heavy atom. The van der Waals surface area contributed by atoms with Crippen LogP contribution in [0.2, 0.25) is 0 Å². The number of methoxy groups -OCH3 is 1. The number of hydrogen-bond donors (Lipinski definition) is 0. The van der Waals surface area contributed by atoms with Crippen LogP contribution in [0.5, 0.6) is 5.75 Å². The normalized spacial score (nSPS) is 12.2. The second-order valence-electron chi connectivity index (χ2n) is 5.98. The molecule has 0 spiro atoms. The van der Waals surface area contributed by atoms with Crippen molar-refractivity contribution in [3.05, 3.63) is 107 Å². The summed E-state index contributed by atoms with van der Waals surface area (Å²) in [6, 6.07) is 25.2. The second-order valence-corrected chi connectivity index (χ2v) is 5.98. The van der Waals surface area contributed by atoms with Crippen molar-refractivity contribution in [3.63, 3.8) is 0 Å². The van der Waals surface area contributed by atoms with Crippen LogP contribution in [0.3, 0.4) is 0 Å². The Hall–Kier alpha value is -2.87. The average Bonchev–Trinajstić information content (AvgIpc) is 2.67. The summed E-state index contributed by atoms with van der Waals surface area (Å²) < 4.78 is 18.3. The van der Waals surface area contributed by atoms with E-state index in [4.69, 9.17) is 4.74 Å². The lowest BCUT2D eigenvalue weighted by molar-refractivity contribution is 0.414. The van der Waals surface area contributed by atoms with Gasteiger partial charge in [0.05, 0.1) is 7.11 Å². The Morgan fingerprint density at radius 2 is 1.56 bits per heavy atom. The third kappa shape index (κ3) is 4.80. The summed E-state index contributed by atoms with van der Waals surface area (Å²) in [6.07, 6.45) is 5.14. The first-order valence-electron chi connectivity index (χ1n) is 8.36. The van der Waals surface area contributed by atoms with Crippen LogP contribution in [0.15, 0.2) is 84.9 Å². The maximum atomic E-state index is 13.1. The van der Waals surface area contributed by atoms with E-state index in [1.54, 1.807) is 19.2 Å². The summed E-state index contributed by atoms with van der Waals surface area (Å²) in [4.78, 5) is 0. The van der Waals surface area contributed by atoms with Gasteiger partial charge in [-0.3, -0.25) is 0 Å². The topological polar surface area (TPSA) is 9.23 Å². The smallest absolute Gasteiger partial charge is 0.123 e. The van der Waals surface area contributed by atoms with E-state index in [1.165, 1.54) is 23.3 Å². The summed E-state index contributed by atoms with van der Waals surface area (Å²) in [6.45, 7) is 0. The molecule has 0 N–H and O–H groups in total. The molecule has 3 aromatic rings. The first kappa shape index (κ1) is 17.0. The van der Waals surface area contributed by atoms with E-state index in [0.717, 1.165) is 17.7 Å². The third-order valence-corrected chi connectivity index (χ3v) is 4.23. The lowest BCUT2D eigenvalue weighted by Gasteiger charge is -2.14.